The van der Waals surface area contributed by atoms with Crippen LogP contribution in [0, 0.1) is 11.8 Å². The van der Waals surface area contributed by atoms with E-state index in [-0.39, 0.29) is 23.4 Å². The topological polar surface area (TPSA) is 93.3 Å². The fourth-order valence-corrected chi connectivity index (χ4v) is 5.86. The molecule has 1 amide bonds. The van der Waals surface area contributed by atoms with Gasteiger partial charge in [-0.2, -0.15) is 0 Å². The van der Waals surface area contributed by atoms with Crippen LogP contribution in [0.15, 0.2) is 4.79 Å². The summed E-state index contributed by atoms with van der Waals surface area (Å²) in [5, 5.41) is 0.815. The van der Waals surface area contributed by atoms with Crippen molar-refractivity contribution in [3.8, 4) is 0 Å². The number of nitrogens with two attached hydrogens (primary N) is 1. The molecule has 1 aliphatic carbocycles. The quantitative estimate of drug-likeness (QED) is 0.746. The van der Waals surface area contributed by atoms with E-state index < -0.39 is 0 Å². The molecule has 2 aromatic rings. The summed E-state index contributed by atoms with van der Waals surface area (Å²) in [5.74, 6) is 1.25. The fraction of sp³-hybridized carbons (Fsp3) is 0.632. The number of H-pyrrole nitrogens is 1. The van der Waals surface area contributed by atoms with E-state index >= 15 is 0 Å². The molecule has 6 nitrogen and oxygen atoms in total. The summed E-state index contributed by atoms with van der Waals surface area (Å²) >= 11 is 1.70. The summed E-state index contributed by atoms with van der Waals surface area (Å²) < 4.78 is 0. The summed E-state index contributed by atoms with van der Waals surface area (Å²) in [6.07, 6.45) is 4.82. The number of carbonyl (C=O) groups is 1. The number of amides is 1. The van der Waals surface area contributed by atoms with Crippen LogP contribution in [0.4, 0.5) is 0 Å². The molecule has 3 heterocycles. The molecule has 7 heteroatoms. The highest BCUT2D eigenvalue weighted by Gasteiger charge is 2.31. The number of piperidine rings is 1. The second kappa shape index (κ2) is 6.78. The molecule has 1 fully saturated rings. The molecule has 26 heavy (non-hydrogen) atoms. The molecule has 0 saturated carbocycles. The van der Waals surface area contributed by atoms with E-state index in [1.165, 1.54) is 15.3 Å². The lowest BCUT2D eigenvalue weighted by atomic mass is 9.89. The minimum Gasteiger partial charge on any atom is -0.369 e. The monoisotopic (exact) mass is 375 g/mol. The number of hydrogen-bond acceptors (Lipinski definition) is 4. The highest BCUT2D eigenvalue weighted by molar-refractivity contribution is 7.18. The van der Waals surface area contributed by atoms with Crippen molar-refractivity contribution in [1.82, 2.24) is 9.97 Å². The Balaban J connectivity index is 1.61. The molecule has 0 aromatic carbocycles. The number of rotatable bonds is 3. The number of nitrogens with zero attached hydrogens (tertiary/aromatic N) is 1. The van der Waals surface area contributed by atoms with Crippen LogP contribution in [-0.4, -0.2) is 29.0 Å². The van der Waals surface area contributed by atoms with Gasteiger partial charge in [0.2, 0.25) is 5.91 Å². The number of fused-ring (bicyclic) bond motifs is 3. The van der Waals surface area contributed by atoms with E-state index in [2.05, 4.69) is 18.8 Å². The lowest BCUT2D eigenvalue weighted by Gasteiger charge is -2.31. The third kappa shape index (κ3) is 3.07. The molecule has 140 valence electrons. The SMILES string of the molecule is C[C@H]1CCc2c(sc3nc([C@@H](C)[NH+]4CCC(C(N)=O)CC4)[nH]c(=O)c23)C1. The Kier molecular flexibility index (Phi) is 4.61. The Hall–Kier alpha value is -1.73. The maximum atomic E-state index is 12.8. The van der Waals surface area contributed by atoms with Crippen LogP contribution in [0.3, 0.4) is 0 Å². The Labute approximate surface area is 156 Å². The van der Waals surface area contributed by atoms with Crippen LogP contribution in [-0.2, 0) is 17.6 Å². The second-order valence-electron chi connectivity index (χ2n) is 8.04. The number of primary amides is 1. The minimum atomic E-state index is -0.192. The summed E-state index contributed by atoms with van der Waals surface area (Å²) in [5.41, 5.74) is 6.67. The molecule has 0 unspecified atom stereocenters. The van der Waals surface area contributed by atoms with Crippen molar-refractivity contribution in [2.45, 2.75) is 52.0 Å². The molecule has 4 rings (SSSR count). The van der Waals surface area contributed by atoms with Gasteiger partial charge in [0.25, 0.3) is 5.56 Å². The van der Waals surface area contributed by atoms with Gasteiger partial charge < -0.3 is 15.6 Å². The molecule has 1 saturated heterocycles. The number of quaternary nitrogens is 1. The van der Waals surface area contributed by atoms with Crippen LogP contribution in [0.5, 0.6) is 0 Å². The van der Waals surface area contributed by atoms with Crippen LogP contribution in [0.25, 0.3) is 10.2 Å². The van der Waals surface area contributed by atoms with Gasteiger partial charge in [-0.15, -0.1) is 11.3 Å². The number of thiophene rings is 1. The average molecular weight is 376 g/mol. The first-order chi connectivity index (χ1) is 12.4. The fourth-order valence-electron chi connectivity index (χ4n) is 4.47. The van der Waals surface area contributed by atoms with Crippen molar-refractivity contribution in [3.05, 3.63) is 26.6 Å². The molecule has 4 N–H and O–H groups in total. The molecule has 2 aromatic heterocycles. The summed E-state index contributed by atoms with van der Waals surface area (Å²) in [4.78, 5) is 35.6. The average Bonchev–Trinajstić information content (AvgIpc) is 2.98. The highest BCUT2D eigenvalue weighted by Crippen LogP contribution is 2.35. The zero-order valence-corrected chi connectivity index (χ0v) is 16.2. The number of likely N-dealkylation sites (tertiary alicyclic amines) is 1. The van der Waals surface area contributed by atoms with Gasteiger partial charge in [0.05, 0.1) is 18.5 Å². The Morgan fingerprint density at radius 2 is 2.08 bits per heavy atom. The first-order valence-electron chi connectivity index (χ1n) is 9.62. The third-order valence-corrected chi connectivity index (χ3v) is 7.38. The maximum absolute atomic E-state index is 12.8. The standard InChI is InChI=1S/C19H26N4O2S/c1-10-3-4-13-14(9-10)26-19-15(13)18(25)21-17(22-19)11(2)23-7-5-12(6-8-23)16(20)24/h10-12H,3-9H2,1-2H3,(H2,20,24)(H,21,22,25)/p+1/t10-,11+/m0/s1. The van der Waals surface area contributed by atoms with E-state index in [0.717, 1.165) is 61.2 Å². The number of hydrogen-bond donors (Lipinski definition) is 3. The Bertz CT molecular complexity index is 895. The maximum Gasteiger partial charge on any atom is 0.260 e. The summed E-state index contributed by atoms with van der Waals surface area (Å²) in [6.45, 7) is 6.15. The minimum absolute atomic E-state index is 0.00792. The van der Waals surface area contributed by atoms with Gasteiger partial charge in [-0.05, 0) is 37.7 Å². The van der Waals surface area contributed by atoms with E-state index in [0.29, 0.717) is 5.92 Å². The van der Waals surface area contributed by atoms with E-state index in [9.17, 15) is 9.59 Å². The number of aromatic amines is 1. The molecule has 0 radical (unpaired) electrons. The molecular weight excluding hydrogens is 348 g/mol. The van der Waals surface area contributed by atoms with Gasteiger partial charge in [-0.25, -0.2) is 4.98 Å². The third-order valence-electron chi connectivity index (χ3n) is 6.24. The van der Waals surface area contributed by atoms with Gasteiger partial charge in [0, 0.05) is 23.6 Å². The normalized spacial score (nSPS) is 27.2. The molecule has 0 spiro atoms. The molecule has 2 atom stereocenters. The van der Waals surface area contributed by atoms with Crippen LogP contribution in [0.2, 0.25) is 0 Å². The number of carbonyl (C=O) groups excluding carboxylic acids is 1. The van der Waals surface area contributed by atoms with E-state index in [4.69, 9.17) is 10.7 Å². The van der Waals surface area contributed by atoms with Gasteiger partial charge in [0.1, 0.15) is 10.9 Å². The second-order valence-corrected chi connectivity index (χ2v) is 9.12. The van der Waals surface area contributed by atoms with Crippen molar-refractivity contribution in [2.24, 2.45) is 17.6 Å². The number of aromatic nitrogens is 2. The predicted molar refractivity (Wildman–Crippen MR) is 102 cm³/mol. The van der Waals surface area contributed by atoms with Crippen molar-refractivity contribution in [1.29, 1.82) is 0 Å². The zero-order chi connectivity index (χ0) is 18.4. The van der Waals surface area contributed by atoms with Crippen molar-refractivity contribution in [2.75, 3.05) is 13.1 Å². The molecular formula is C19H27N4O2S+. The van der Waals surface area contributed by atoms with Crippen molar-refractivity contribution >= 4 is 27.5 Å². The number of aryl methyl sites for hydroxylation is 1. The lowest BCUT2D eigenvalue weighted by molar-refractivity contribution is -0.935. The highest BCUT2D eigenvalue weighted by atomic mass is 32.1. The first-order valence-corrected chi connectivity index (χ1v) is 10.4. The van der Waals surface area contributed by atoms with Crippen molar-refractivity contribution < 1.29 is 9.69 Å². The Morgan fingerprint density at radius 3 is 2.77 bits per heavy atom. The zero-order valence-electron chi connectivity index (χ0n) is 15.4. The van der Waals surface area contributed by atoms with Gasteiger partial charge >= 0.3 is 0 Å². The summed E-state index contributed by atoms with van der Waals surface area (Å²) in [7, 11) is 0. The van der Waals surface area contributed by atoms with Crippen molar-refractivity contribution in [3.63, 3.8) is 0 Å². The van der Waals surface area contributed by atoms with Crippen LogP contribution >= 0.6 is 11.3 Å². The summed E-state index contributed by atoms with van der Waals surface area (Å²) in [6, 6.07) is 0.110. The van der Waals surface area contributed by atoms with Crippen LogP contribution in [0.1, 0.15) is 55.4 Å². The Morgan fingerprint density at radius 1 is 1.35 bits per heavy atom. The van der Waals surface area contributed by atoms with E-state index in [1.807, 2.05) is 0 Å². The lowest BCUT2D eigenvalue weighted by Crippen LogP contribution is -3.13. The smallest absolute Gasteiger partial charge is 0.260 e. The molecule has 2 aliphatic rings. The van der Waals surface area contributed by atoms with Gasteiger partial charge in [0.15, 0.2) is 5.82 Å². The van der Waals surface area contributed by atoms with Crippen LogP contribution < -0.4 is 16.2 Å². The largest absolute Gasteiger partial charge is 0.369 e. The molecule has 0 bridgehead atoms. The van der Waals surface area contributed by atoms with E-state index in [1.54, 1.807) is 11.3 Å². The van der Waals surface area contributed by atoms with Gasteiger partial charge in [-0.3, -0.25) is 9.59 Å². The predicted octanol–water partition coefficient (Wildman–Crippen LogP) is 0.951. The number of nitrogens with one attached hydrogen (secondary N) is 2. The molecule has 1 aliphatic heterocycles. The first kappa shape index (κ1) is 17.7. The van der Waals surface area contributed by atoms with Gasteiger partial charge in [-0.1, -0.05) is 6.92 Å².